The lowest BCUT2D eigenvalue weighted by atomic mass is 9.85. The molecular weight excluding hydrogens is 473 g/mol. The van der Waals surface area contributed by atoms with Crippen LogP contribution in [0.1, 0.15) is 51.5 Å². The Labute approximate surface area is 207 Å². The molecule has 0 atom stereocenters. The number of hydrogen-bond acceptors (Lipinski definition) is 7. The highest BCUT2D eigenvalue weighted by Gasteiger charge is 2.31. The van der Waals surface area contributed by atoms with Crippen LogP contribution in [0.3, 0.4) is 0 Å². The van der Waals surface area contributed by atoms with E-state index in [2.05, 4.69) is 22.5 Å². The number of rotatable bonds is 6. The minimum Gasteiger partial charge on any atom is -0.381 e. The summed E-state index contributed by atoms with van der Waals surface area (Å²) in [5.41, 5.74) is 7.17. The standard InChI is InChI=1S/C24H29ClFN7O2/c1-24(6-8-35-9-7-24)32-22-28-13-19-21(31-22)33(18-4-2-14(3-5-18)20(27)34)23(30-19)29-17-11-15(25)10-16(26)12-17/h10-14,18H,2-9H2,1H3,(H2,27,34)(H,29,30)(H,28,31,32)/t14-,18-. The molecule has 4 N–H and O–H groups in total. The first-order valence-corrected chi connectivity index (χ1v) is 12.3. The van der Waals surface area contributed by atoms with Crippen LogP contribution in [0.25, 0.3) is 11.2 Å². The van der Waals surface area contributed by atoms with Gasteiger partial charge in [-0.2, -0.15) is 4.98 Å². The molecule has 0 radical (unpaired) electrons. The van der Waals surface area contributed by atoms with Crippen molar-refractivity contribution < 1.29 is 13.9 Å². The van der Waals surface area contributed by atoms with Gasteiger partial charge < -0.3 is 21.1 Å². The molecule has 1 aliphatic carbocycles. The van der Waals surface area contributed by atoms with E-state index in [9.17, 15) is 9.18 Å². The molecule has 2 aliphatic rings. The third-order valence-electron chi connectivity index (χ3n) is 7.03. The number of nitrogens with two attached hydrogens (primary N) is 1. The molecule has 1 aliphatic heterocycles. The van der Waals surface area contributed by atoms with Gasteiger partial charge in [0.05, 0.1) is 6.20 Å². The average Bonchev–Trinajstić information content (AvgIpc) is 3.15. The summed E-state index contributed by atoms with van der Waals surface area (Å²) in [6.45, 7) is 3.53. The number of carbonyl (C=O) groups excluding carboxylic acids is 1. The molecule has 1 amide bonds. The number of anilines is 3. The highest BCUT2D eigenvalue weighted by atomic mass is 35.5. The fraction of sp³-hybridized carbons (Fsp3) is 0.500. The van der Waals surface area contributed by atoms with Crippen LogP contribution < -0.4 is 16.4 Å². The molecule has 1 saturated carbocycles. The summed E-state index contributed by atoms with van der Waals surface area (Å²) < 4.78 is 21.5. The first kappa shape index (κ1) is 23.7. The second kappa shape index (κ2) is 9.58. The Morgan fingerprint density at radius 2 is 1.94 bits per heavy atom. The third-order valence-corrected chi connectivity index (χ3v) is 7.24. The quantitative estimate of drug-likeness (QED) is 0.452. The van der Waals surface area contributed by atoms with Gasteiger partial charge in [0.15, 0.2) is 5.65 Å². The van der Waals surface area contributed by atoms with E-state index in [1.807, 2.05) is 4.57 Å². The minimum atomic E-state index is -0.444. The van der Waals surface area contributed by atoms with Crippen molar-refractivity contribution in [3.63, 3.8) is 0 Å². The van der Waals surface area contributed by atoms with Crippen LogP contribution >= 0.6 is 11.6 Å². The van der Waals surface area contributed by atoms with E-state index in [-0.39, 0.29) is 28.4 Å². The zero-order chi connectivity index (χ0) is 24.6. The molecule has 1 aromatic carbocycles. The van der Waals surface area contributed by atoms with Gasteiger partial charge in [-0.1, -0.05) is 11.6 Å². The van der Waals surface area contributed by atoms with Crippen molar-refractivity contribution in [1.29, 1.82) is 0 Å². The lowest BCUT2D eigenvalue weighted by Gasteiger charge is -2.34. The van der Waals surface area contributed by atoms with Gasteiger partial charge in [0.25, 0.3) is 0 Å². The summed E-state index contributed by atoms with van der Waals surface area (Å²) in [5, 5.41) is 6.98. The number of nitrogens with one attached hydrogen (secondary N) is 2. The number of fused-ring (bicyclic) bond motifs is 1. The van der Waals surface area contributed by atoms with Crippen molar-refractivity contribution in [2.24, 2.45) is 11.7 Å². The summed E-state index contributed by atoms with van der Waals surface area (Å²) >= 11 is 6.07. The molecule has 2 aromatic heterocycles. The Kier molecular flexibility index (Phi) is 6.50. The molecule has 0 spiro atoms. The number of halogens is 2. The zero-order valence-electron chi connectivity index (χ0n) is 19.6. The second-order valence-corrected chi connectivity index (χ2v) is 10.1. The fourth-order valence-corrected chi connectivity index (χ4v) is 5.20. The van der Waals surface area contributed by atoms with E-state index < -0.39 is 5.82 Å². The van der Waals surface area contributed by atoms with Crippen LogP contribution in [0.5, 0.6) is 0 Å². The van der Waals surface area contributed by atoms with Crippen molar-refractivity contribution in [2.75, 3.05) is 23.8 Å². The summed E-state index contributed by atoms with van der Waals surface area (Å²) in [4.78, 5) is 25.8. The van der Waals surface area contributed by atoms with Gasteiger partial charge in [-0.25, -0.2) is 14.4 Å². The van der Waals surface area contributed by atoms with Gasteiger partial charge >= 0.3 is 0 Å². The van der Waals surface area contributed by atoms with E-state index in [0.29, 0.717) is 54.8 Å². The maximum absolute atomic E-state index is 14.0. The van der Waals surface area contributed by atoms with Crippen molar-refractivity contribution in [1.82, 2.24) is 19.5 Å². The molecule has 9 nitrogen and oxygen atoms in total. The van der Waals surface area contributed by atoms with E-state index in [1.165, 1.54) is 12.1 Å². The predicted octanol–water partition coefficient (Wildman–Crippen LogP) is 4.56. The van der Waals surface area contributed by atoms with Crippen LogP contribution in [0.2, 0.25) is 5.02 Å². The van der Waals surface area contributed by atoms with Gasteiger partial charge in [0.1, 0.15) is 11.3 Å². The minimum absolute atomic E-state index is 0.0450. The van der Waals surface area contributed by atoms with Crippen LogP contribution in [0.4, 0.5) is 22.0 Å². The topological polar surface area (TPSA) is 120 Å². The maximum Gasteiger partial charge on any atom is 0.225 e. The summed E-state index contributed by atoms with van der Waals surface area (Å²) in [5.74, 6) is 0.216. The molecule has 0 unspecified atom stereocenters. The Balaban J connectivity index is 1.52. The van der Waals surface area contributed by atoms with Crippen molar-refractivity contribution >= 4 is 46.3 Å². The van der Waals surface area contributed by atoms with Crippen molar-refractivity contribution in [3.05, 3.63) is 35.2 Å². The van der Waals surface area contributed by atoms with Crippen molar-refractivity contribution in [2.45, 2.75) is 57.0 Å². The summed E-state index contributed by atoms with van der Waals surface area (Å²) in [6, 6.07) is 4.30. The number of primary amides is 1. The third kappa shape index (κ3) is 5.18. The lowest BCUT2D eigenvalue weighted by molar-refractivity contribution is -0.122. The predicted molar refractivity (Wildman–Crippen MR) is 132 cm³/mol. The van der Waals surface area contributed by atoms with Crippen LogP contribution in [-0.4, -0.2) is 44.2 Å². The summed E-state index contributed by atoms with van der Waals surface area (Å²) in [7, 11) is 0. The molecule has 2 fully saturated rings. The molecule has 11 heteroatoms. The summed E-state index contributed by atoms with van der Waals surface area (Å²) in [6.07, 6.45) is 6.30. The number of benzene rings is 1. The molecule has 0 bridgehead atoms. The monoisotopic (exact) mass is 501 g/mol. The normalized spacial score (nSPS) is 22.1. The van der Waals surface area contributed by atoms with Gasteiger partial charge in [-0.3, -0.25) is 9.36 Å². The van der Waals surface area contributed by atoms with Gasteiger partial charge in [-0.05, 0) is 63.6 Å². The Morgan fingerprint density at radius 1 is 1.20 bits per heavy atom. The van der Waals surface area contributed by atoms with Crippen LogP contribution in [0.15, 0.2) is 24.4 Å². The van der Waals surface area contributed by atoms with Crippen molar-refractivity contribution in [3.8, 4) is 0 Å². The van der Waals surface area contributed by atoms with E-state index >= 15 is 0 Å². The average molecular weight is 502 g/mol. The van der Waals surface area contributed by atoms with E-state index in [1.54, 1.807) is 12.3 Å². The Morgan fingerprint density at radius 3 is 2.63 bits per heavy atom. The second-order valence-electron chi connectivity index (χ2n) is 9.70. The number of ether oxygens (including phenoxy) is 1. The highest BCUT2D eigenvalue weighted by molar-refractivity contribution is 6.30. The maximum atomic E-state index is 14.0. The molecule has 3 aromatic rings. The Hall–Kier alpha value is -2.98. The van der Waals surface area contributed by atoms with E-state index in [4.69, 9.17) is 32.0 Å². The number of nitrogens with zero attached hydrogens (tertiary/aromatic N) is 4. The number of imidazole rings is 1. The fourth-order valence-electron chi connectivity index (χ4n) is 4.98. The molecule has 186 valence electrons. The molecule has 3 heterocycles. The smallest absolute Gasteiger partial charge is 0.225 e. The number of aromatic nitrogens is 4. The first-order valence-electron chi connectivity index (χ1n) is 11.9. The van der Waals surface area contributed by atoms with Crippen LogP contribution in [-0.2, 0) is 9.53 Å². The SMILES string of the molecule is CC1(Nc2ncc3nc(Nc4cc(F)cc(Cl)c4)n([C@H]4CC[C@H](C(N)=O)CC4)c3n2)CCOCC1. The zero-order valence-corrected chi connectivity index (χ0v) is 20.3. The lowest BCUT2D eigenvalue weighted by Crippen LogP contribution is -2.41. The largest absolute Gasteiger partial charge is 0.381 e. The van der Waals surface area contributed by atoms with Gasteiger partial charge in [0, 0.05) is 41.4 Å². The molecular formula is C24H29ClFN7O2. The number of amides is 1. The van der Waals surface area contributed by atoms with Gasteiger partial charge in [0.2, 0.25) is 17.8 Å². The molecule has 35 heavy (non-hydrogen) atoms. The number of hydrogen-bond donors (Lipinski definition) is 3. The Bertz CT molecular complexity index is 1220. The molecule has 5 rings (SSSR count). The number of carbonyl (C=O) groups is 1. The van der Waals surface area contributed by atoms with E-state index in [0.717, 1.165) is 25.7 Å². The van der Waals surface area contributed by atoms with Crippen LogP contribution in [0, 0.1) is 11.7 Å². The van der Waals surface area contributed by atoms with Gasteiger partial charge in [-0.15, -0.1) is 0 Å². The highest BCUT2D eigenvalue weighted by Crippen LogP contribution is 2.37. The first-order chi connectivity index (χ1) is 16.8. The molecule has 1 saturated heterocycles.